The van der Waals surface area contributed by atoms with Crippen molar-refractivity contribution >= 4 is 0 Å². The Hall–Kier alpha value is -1.64. The van der Waals surface area contributed by atoms with Crippen LogP contribution in [0.1, 0.15) is 23.2 Å². The number of benzene rings is 2. The molecule has 1 aliphatic rings. The van der Waals surface area contributed by atoms with E-state index in [1.165, 1.54) is 11.1 Å². The first kappa shape index (κ1) is 10.5. The van der Waals surface area contributed by atoms with E-state index >= 15 is 0 Å². The van der Waals surface area contributed by atoms with Gasteiger partial charge in [0.1, 0.15) is 0 Å². The van der Waals surface area contributed by atoms with E-state index < -0.39 is 0 Å². The van der Waals surface area contributed by atoms with Crippen molar-refractivity contribution in [1.29, 1.82) is 0 Å². The molecule has 2 aromatic rings. The average molecular weight is 224 g/mol. The van der Waals surface area contributed by atoms with E-state index in [-0.39, 0.29) is 0 Å². The predicted molar refractivity (Wildman–Crippen MR) is 69.5 cm³/mol. The molecule has 86 valence electrons. The first-order valence-corrected chi connectivity index (χ1v) is 6.02. The largest absolute Gasteiger partial charge is 0.296 e. The van der Waals surface area contributed by atoms with Gasteiger partial charge in [-0.2, -0.15) is 0 Å². The van der Waals surface area contributed by atoms with Crippen molar-refractivity contribution in [3.63, 3.8) is 0 Å². The molecule has 2 atom stereocenters. The van der Waals surface area contributed by atoms with Crippen LogP contribution in [0.25, 0.3) is 0 Å². The van der Waals surface area contributed by atoms with Crippen LogP contribution in [0.2, 0.25) is 0 Å². The topological polar surface area (TPSA) is 24.1 Å². The Balaban J connectivity index is 1.91. The van der Waals surface area contributed by atoms with Crippen molar-refractivity contribution < 1.29 is 0 Å². The minimum absolute atomic E-state index is 0.360. The Kier molecular flexibility index (Phi) is 2.90. The van der Waals surface area contributed by atoms with Gasteiger partial charge in [0.25, 0.3) is 0 Å². The van der Waals surface area contributed by atoms with Gasteiger partial charge in [0.15, 0.2) is 0 Å². The molecule has 0 aliphatic carbocycles. The summed E-state index contributed by atoms with van der Waals surface area (Å²) in [7, 11) is 0. The van der Waals surface area contributed by atoms with Crippen LogP contribution in [0.3, 0.4) is 0 Å². The lowest BCUT2D eigenvalue weighted by molar-refractivity contribution is 0.554. The van der Waals surface area contributed by atoms with Crippen molar-refractivity contribution in [1.82, 2.24) is 10.6 Å². The van der Waals surface area contributed by atoms with E-state index in [1.807, 2.05) is 0 Å². The molecule has 2 aromatic carbocycles. The summed E-state index contributed by atoms with van der Waals surface area (Å²) >= 11 is 0. The van der Waals surface area contributed by atoms with Gasteiger partial charge in [0, 0.05) is 6.67 Å². The summed E-state index contributed by atoms with van der Waals surface area (Å²) < 4.78 is 0. The molecule has 0 spiro atoms. The SMILES string of the molecule is c1ccc(C2NCN[C@@H]2c2ccccc2)cc1. The zero-order chi connectivity index (χ0) is 11.5. The number of nitrogens with one attached hydrogen (secondary N) is 2. The molecular formula is C15H16N2. The molecule has 1 aliphatic heterocycles. The molecule has 2 N–H and O–H groups in total. The van der Waals surface area contributed by atoms with E-state index in [9.17, 15) is 0 Å². The Morgan fingerprint density at radius 2 is 1.06 bits per heavy atom. The molecule has 0 saturated carbocycles. The number of hydrogen-bond donors (Lipinski definition) is 2. The zero-order valence-corrected chi connectivity index (χ0v) is 9.64. The third-order valence-electron chi connectivity index (χ3n) is 3.29. The van der Waals surface area contributed by atoms with Crippen molar-refractivity contribution in [2.45, 2.75) is 12.1 Å². The predicted octanol–water partition coefficient (Wildman–Crippen LogP) is 2.62. The van der Waals surface area contributed by atoms with Crippen molar-refractivity contribution in [2.24, 2.45) is 0 Å². The van der Waals surface area contributed by atoms with E-state index in [0.717, 1.165) is 6.67 Å². The van der Waals surface area contributed by atoms with Gasteiger partial charge in [-0.3, -0.25) is 10.6 Å². The van der Waals surface area contributed by atoms with E-state index in [0.29, 0.717) is 12.1 Å². The first-order valence-electron chi connectivity index (χ1n) is 6.02. The highest BCUT2D eigenvalue weighted by Crippen LogP contribution is 2.31. The third-order valence-corrected chi connectivity index (χ3v) is 3.29. The van der Waals surface area contributed by atoms with Crippen LogP contribution in [-0.4, -0.2) is 6.67 Å². The summed E-state index contributed by atoms with van der Waals surface area (Å²) in [5.41, 5.74) is 2.68. The molecule has 2 heteroatoms. The van der Waals surface area contributed by atoms with Gasteiger partial charge in [-0.25, -0.2) is 0 Å². The fourth-order valence-electron chi connectivity index (χ4n) is 2.46. The standard InChI is InChI=1S/C15H16N2/c1-3-7-12(8-4-1)14-15(17-11-16-14)13-9-5-2-6-10-13/h1-10,14-17H,11H2/t14-,15?/m1/s1. The second kappa shape index (κ2) is 4.70. The van der Waals surface area contributed by atoms with Gasteiger partial charge in [-0.15, -0.1) is 0 Å². The molecule has 1 unspecified atom stereocenters. The van der Waals surface area contributed by atoms with Crippen LogP contribution in [0.4, 0.5) is 0 Å². The summed E-state index contributed by atoms with van der Waals surface area (Å²) in [4.78, 5) is 0. The van der Waals surface area contributed by atoms with Gasteiger partial charge in [0.05, 0.1) is 12.1 Å². The summed E-state index contributed by atoms with van der Waals surface area (Å²) in [5.74, 6) is 0. The molecule has 1 heterocycles. The second-order valence-electron chi connectivity index (χ2n) is 4.36. The van der Waals surface area contributed by atoms with Crippen LogP contribution >= 0.6 is 0 Å². The van der Waals surface area contributed by atoms with E-state index in [1.54, 1.807) is 0 Å². The van der Waals surface area contributed by atoms with Crippen molar-refractivity contribution in [3.8, 4) is 0 Å². The van der Waals surface area contributed by atoms with Crippen LogP contribution in [0.5, 0.6) is 0 Å². The Labute approximate surface area is 102 Å². The molecule has 0 bridgehead atoms. The Morgan fingerprint density at radius 1 is 0.647 bits per heavy atom. The lowest BCUT2D eigenvalue weighted by Crippen LogP contribution is -2.17. The maximum absolute atomic E-state index is 3.51. The van der Waals surface area contributed by atoms with Gasteiger partial charge < -0.3 is 0 Å². The fraction of sp³-hybridized carbons (Fsp3) is 0.200. The highest BCUT2D eigenvalue weighted by atomic mass is 15.2. The molecule has 3 rings (SSSR count). The maximum Gasteiger partial charge on any atom is 0.0528 e. The minimum atomic E-state index is 0.360. The monoisotopic (exact) mass is 224 g/mol. The lowest BCUT2D eigenvalue weighted by Gasteiger charge is -2.20. The summed E-state index contributed by atoms with van der Waals surface area (Å²) in [6, 6.07) is 21.9. The highest BCUT2D eigenvalue weighted by Gasteiger charge is 2.28. The van der Waals surface area contributed by atoms with Gasteiger partial charge >= 0.3 is 0 Å². The van der Waals surface area contributed by atoms with Crippen LogP contribution in [-0.2, 0) is 0 Å². The molecule has 17 heavy (non-hydrogen) atoms. The van der Waals surface area contributed by atoms with Crippen LogP contribution < -0.4 is 10.6 Å². The summed E-state index contributed by atoms with van der Waals surface area (Å²) in [6.45, 7) is 0.860. The molecule has 2 nitrogen and oxygen atoms in total. The summed E-state index contributed by atoms with van der Waals surface area (Å²) in [6.07, 6.45) is 0. The fourth-order valence-corrected chi connectivity index (χ4v) is 2.46. The third kappa shape index (κ3) is 2.09. The minimum Gasteiger partial charge on any atom is -0.296 e. The van der Waals surface area contributed by atoms with E-state index in [2.05, 4.69) is 71.3 Å². The van der Waals surface area contributed by atoms with Gasteiger partial charge in [-0.1, -0.05) is 60.7 Å². The average Bonchev–Trinajstić information content (AvgIpc) is 2.90. The quantitative estimate of drug-likeness (QED) is 0.819. The first-order chi connectivity index (χ1) is 8.45. The van der Waals surface area contributed by atoms with Crippen molar-refractivity contribution in [2.75, 3.05) is 6.67 Å². The Morgan fingerprint density at radius 3 is 1.47 bits per heavy atom. The normalized spacial score (nSPS) is 23.8. The highest BCUT2D eigenvalue weighted by molar-refractivity contribution is 5.28. The molecule has 0 aromatic heterocycles. The smallest absolute Gasteiger partial charge is 0.0528 e. The maximum atomic E-state index is 3.51. The van der Waals surface area contributed by atoms with Crippen LogP contribution in [0.15, 0.2) is 60.7 Å². The number of rotatable bonds is 2. The van der Waals surface area contributed by atoms with Crippen LogP contribution in [0, 0.1) is 0 Å². The van der Waals surface area contributed by atoms with Crippen molar-refractivity contribution in [3.05, 3.63) is 71.8 Å². The lowest BCUT2D eigenvalue weighted by atomic mass is 9.95. The van der Waals surface area contributed by atoms with E-state index in [4.69, 9.17) is 0 Å². The molecule has 0 radical (unpaired) electrons. The molecular weight excluding hydrogens is 208 g/mol. The van der Waals surface area contributed by atoms with Gasteiger partial charge in [-0.05, 0) is 11.1 Å². The second-order valence-corrected chi connectivity index (χ2v) is 4.36. The molecule has 1 saturated heterocycles. The van der Waals surface area contributed by atoms with Gasteiger partial charge in [0.2, 0.25) is 0 Å². The Bertz CT molecular complexity index is 421. The summed E-state index contributed by atoms with van der Waals surface area (Å²) in [5, 5.41) is 7.02. The number of hydrogen-bond acceptors (Lipinski definition) is 2. The zero-order valence-electron chi connectivity index (χ0n) is 9.64. The molecule has 1 fully saturated rings. The molecule has 0 amide bonds.